The van der Waals surface area contributed by atoms with Crippen molar-refractivity contribution in [1.82, 2.24) is 0 Å². The molecule has 1 fully saturated rings. The van der Waals surface area contributed by atoms with Gasteiger partial charge in [-0.1, -0.05) is 19.1 Å². The van der Waals surface area contributed by atoms with E-state index in [1.165, 1.54) is 24.1 Å². The summed E-state index contributed by atoms with van der Waals surface area (Å²) in [6, 6.07) is 8.92. The Labute approximate surface area is 116 Å². The Bertz CT molecular complexity index is 375. The van der Waals surface area contributed by atoms with Gasteiger partial charge in [0, 0.05) is 31.9 Å². The minimum atomic E-state index is 0.164. The van der Waals surface area contributed by atoms with Crippen molar-refractivity contribution in [3.8, 4) is 0 Å². The van der Waals surface area contributed by atoms with E-state index < -0.39 is 0 Å². The Balaban J connectivity index is 2.01. The number of piperidine rings is 1. The monoisotopic (exact) mass is 262 g/mol. The minimum absolute atomic E-state index is 0.164. The summed E-state index contributed by atoms with van der Waals surface area (Å²) < 4.78 is 5.29. The fourth-order valence-corrected chi connectivity index (χ4v) is 2.84. The van der Waals surface area contributed by atoms with Gasteiger partial charge in [0.2, 0.25) is 0 Å². The van der Waals surface area contributed by atoms with Crippen LogP contribution < -0.4 is 10.6 Å². The quantitative estimate of drug-likeness (QED) is 0.886. The standard InChI is InChI=1S/C16H26N2O/c1-3-16(17)14-6-8-15(9-7-14)18-10-4-5-13(11-18)12-19-2/h6-9,13,16H,3-5,10-12,17H2,1-2H3/t13?,16-/m0/s1. The van der Waals surface area contributed by atoms with Gasteiger partial charge in [-0.05, 0) is 42.9 Å². The smallest absolute Gasteiger partial charge is 0.0507 e. The van der Waals surface area contributed by atoms with Crippen molar-refractivity contribution in [3.63, 3.8) is 0 Å². The van der Waals surface area contributed by atoms with Gasteiger partial charge in [0.05, 0.1) is 6.61 Å². The zero-order valence-electron chi connectivity index (χ0n) is 12.1. The molecule has 3 nitrogen and oxygen atoms in total. The Morgan fingerprint density at radius 1 is 1.37 bits per heavy atom. The molecule has 0 aromatic heterocycles. The van der Waals surface area contributed by atoms with Crippen molar-refractivity contribution in [2.45, 2.75) is 32.2 Å². The van der Waals surface area contributed by atoms with Gasteiger partial charge in [-0.3, -0.25) is 0 Å². The average Bonchev–Trinajstić information content (AvgIpc) is 2.47. The number of hydrogen-bond acceptors (Lipinski definition) is 3. The Morgan fingerprint density at radius 2 is 2.11 bits per heavy atom. The average molecular weight is 262 g/mol. The molecular weight excluding hydrogens is 236 g/mol. The lowest BCUT2D eigenvalue weighted by atomic mass is 9.98. The Hall–Kier alpha value is -1.06. The van der Waals surface area contributed by atoms with E-state index in [1.807, 2.05) is 0 Å². The lowest BCUT2D eigenvalue weighted by molar-refractivity contribution is 0.143. The van der Waals surface area contributed by atoms with Crippen LogP contribution in [0, 0.1) is 5.92 Å². The molecule has 1 aliphatic heterocycles. The van der Waals surface area contributed by atoms with Gasteiger partial charge in [-0.2, -0.15) is 0 Å². The van der Waals surface area contributed by atoms with Crippen LogP contribution >= 0.6 is 0 Å². The number of anilines is 1. The van der Waals surface area contributed by atoms with Crippen LogP contribution in [0.4, 0.5) is 5.69 Å². The highest BCUT2D eigenvalue weighted by atomic mass is 16.5. The zero-order valence-corrected chi connectivity index (χ0v) is 12.1. The Kier molecular flexibility index (Phi) is 5.23. The third-order valence-electron chi connectivity index (χ3n) is 4.05. The molecule has 0 radical (unpaired) electrons. The maximum Gasteiger partial charge on any atom is 0.0507 e. The van der Waals surface area contributed by atoms with Gasteiger partial charge in [-0.25, -0.2) is 0 Å². The number of nitrogens with zero attached hydrogens (tertiary/aromatic N) is 1. The summed E-state index contributed by atoms with van der Waals surface area (Å²) in [7, 11) is 1.79. The molecule has 0 amide bonds. The van der Waals surface area contributed by atoms with E-state index in [0.717, 1.165) is 26.1 Å². The lowest BCUT2D eigenvalue weighted by Crippen LogP contribution is -2.37. The van der Waals surface area contributed by atoms with Crippen molar-refractivity contribution >= 4 is 5.69 Å². The van der Waals surface area contributed by atoms with Crippen molar-refractivity contribution in [2.75, 3.05) is 31.7 Å². The third kappa shape index (κ3) is 3.71. The summed E-state index contributed by atoms with van der Waals surface area (Å²) in [5.74, 6) is 0.663. The van der Waals surface area contributed by atoms with Crippen molar-refractivity contribution < 1.29 is 4.74 Å². The second-order valence-corrected chi connectivity index (χ2v) is 5.52. The first kappa shape index (κ1) is 14.4. The summed E-state index contributed by atoms with van der Waals surface area (Å²) >= 11 is 0. The molecule has 2 N–H and O–H groups in total. The first-order chi connectivity index (χ1) is 9.24. The molecule has 0 saturated carbocycles. The number of ether oxygens (including phenoxy) is 1. The molecule has 0 aliphatic carbocycles. The molecular formula is C16H26N2O. The summed E-state index contributed by atoms with van der Waals surface area (Å²) in [4.78, 5) is 2.47. The Morgan fingerprint density at radius 3 is 2.74 bits per heavy atom. The van der Waals surface area contributed by atoms with Crippen LogP contribution in [0.25, 0.3) is 0 Å². The molecule has 3 heteroatoms. The molecule has 0 bridgehead atoms. The second-order valence-electron chi connectivity index (χ2n) is 5.52. The van der Waals surface area contributed by atoms with E-state index in [1.54, 1.807) is 7.11 Å². The highest BCUT2D eigenvalue weighted by molar-refractivity contribution is 5.48. The summed E-state index contributed by atoms with van der Waals surface area (Å²) in [5.41, 5.74) is 8.60. The predicted octanol–water partition coefficient (Wildman–Crippen LogP) is 2.96. The minimum Gasteiger partial charge on any atom is -0.384 e. The molecule has 1 saturated heterocycles. The normalized spacial score (nSPS) is 21.4. The molecule has 106 valence electrons. The number of nitrogens with two attached hydrogens (primary N) is 1. The van der Waals surface area contributed by atoms with Crippen molar-refractivity contribution in [3.05, 3.63) is 29.8 Å². The van der Waals surface area contributed by atoms with E-state index in [2.05, 4.69) is 36.1 Å². The van der Waals surface area contributed by atoms with E-state index >= 15 is 0 Å². The molecule has 2 atom stereocenters. The summed E-state index contributed by atoms with van der Waals surface area (Å²) in [5, 5.41) is 0. The van der Waals surface area contributed by atoms with Gasteiger partial charge in [0.25, 0.3) is 0 Å². The topological polar surface area (TPSA) is 38.5 Å². The van der Waals surface area contributed by atoms with Gasteiger partial charge < -0.3 is 15.4 Å². The van der Waals surface area contributed by atoms with Gasteiger partial charge in [-0.15, -0.1) is 0 Å². The van der Waals surface area contributed by atoms with Crippen LogP contribution in [0.5, 0.6) is 0 Å². The van der Waals surface area contributed by atoms with E-state index in [0.29, 0.717) is 5.92 Å². The highest BCUT2D eigenvalue weighted by Gasteiger charge is 2.20. The van der Waals surface area contributed by atoms with Crippen LogP contribution in [-0.4, -0.2) is 26.8 Å². The molecule has 1 aromatic carbocycles. The number of methoxy groups -OCH3 is 1. The fourth-order valence-electron chi connectivity index (χ4n) is 2.84. The molecule has 1 aromatic rings. The molecule has 1 heterocycles. The van der Waals surface area contributed by atoms with E-state index in [-0.39, 0.29) is 6.04 Å². The van der Waals surface area contributed by atoms with Gasteiger partial charge in [0.15, 0.2) is 0 Å². The molecule has 1 aliphatic rings. The molecule has 19 heavy (non-hydrogen) atoms. The van der Waals surface area contributed by atoms with Gasteiger partial charge in [0.1, 0.15) is 0 Å². The van der Waals surface area contributed by atoms with Crippen LogP contribution in [0.3, 0.4) is 0 Å². The highest BCUT2D eigenvalue weighted by Crippen LogP contribution is 2.25. The van der Waals surface area contributed by atoms with Crippen LogP contribution in [0.15, 0.2) is 24.3 Å². The third-order valence-corrected chi connectivity index (χ3v) is 4.05. The first-order valence-electron chi connectivity index (χ1n) is 7.34. The zero-order chi connectivity index (χ0) is 13.7. The summed E-state index contributed by atoms with van der Waals surface area (Å²) in [6.07, 6.45) is 3.52. The SMILES string of the molecule is CC[C@H](N)c1ccc(N2CCCC(COC)C2)cc1. The second kappa shape index (κ2) is 6.92. The maximum atomic E-state index is 6.05. The van der Waals surface area contributed by atoms with E-state index in [9.17, 15) is 0 Å². The maximum absolute atomic E-state index is 6.05. The first-order valence-corrected chi connectivity index (χ1v) is 7.34. The van der Waals surface area contributed by atoms with E-state index in [4.69, 9.17) is 10.5 Å². The van der Waals surface area contributed by atoms with Crippen LogP contribution in [0.2, 0.25) is 0 Å². The molecule has 1 unspecified atom stereocenters. The number of rotatable bonds is 5. The number of benzene rings is 1. The molecule has 2 rings (SSSR count). The van der Waals surface area contributed by atoms with Gasteiger partial charge >= 0.3 is 0 Å². The van der Waals surface area contributed by atoms with Crippen molar-refractivity contribution in [2.24, 2.45) is 11.7 Å². The van der Waals surface area contributed by atoms with Crippen LogP contribution in [0.1, 0.15) is 37.8 Å². The molecule has 0 spiro atoms. The fraction of sp³-hybridized carbons (Fsp3) is 0.625. The lowest BCUT2D eigenvalue weighted by Gasteiger charge is -2.34. The predicted molar refractivity (Wildman–Crippen MR) is 80.5 cm³/mol. The number of hydrogen-bond donors (Lipinski definition) is 1. The largest absolute Gasteiger partial charge is 0.384 e. The summed E-state index contributed by atoms with van der Waals surface area (Å²) in [6.45, 7) is 5.25. The van der Waals surface area contributed by atoms with Crippen LogP contribution in [-0.2, 0) is 4.74 Å². The van der Waals surface area contributed by atoms with Crippen molar-refractivity contribution in [1.29, 1.82) is 0 Å².